The molecule has 0 saturated carbocycles. The van der Waals surface area contributed by atoms with E-state index in [1.807, 2.05) is 19.1 Å². The minimum Gasteiger partial charge on any atom is -0.416 e. The van der Waals surface area contributed by atoms with Gasteiger partial charge < -0.3 is 4.74 Å². The van der Waals surface area contributed by atoms with Crippen molar-refractivity contribution in [1.29, 1.82) is 0 Å². The fraction of sp³-hybridized carbons (Fsp3) is 0.100. The van der Waals surface area contributed by atoms with Crippen molar-refractivity contribution in [3.05, 3.63) is 30.2 Å². The van der Waals surface area contributed by atoms with Crippen LogP contribution in [0.5, 0.6) is 5.06 Å². The van der Waals surface area contributed by atoms with Crippen molar-refractivity contribution >= 4 is 17.8 Å². The molecule has 5 heteroatoms. The van der Waals surface area contributed by atoms with Crippen LogP contribution in [-0.4, -0.2) is 16.4 Å². The molecule has 0 fully saturated rings. The van der Waals surface area contributed by atoms with Gasteiger partial charge in [0.2, 0.25) is 5.06 Å². The molecule has 0 atom stereocenters. The molecule has 4 nitrogen and oxygen atoms in total. The highest BCUT2D eigenvalue weighted by Gasteiger charge is 2.05. The van der Waals surface area contributed by atoms with E-state index in [0.717, 1.165) is 16.3 Å². The Morgan fingerprint density at radius 3 is 3.07 bits per heavy atom. The molecule has 0 aromatic carbocycles. The second kappa shape index (κ2) is 4.18. The first kappa shape index (κ1) is 9.79. The number of pyridine rings is 1. The van der Waals surface area contributed by atoms with Gasteiger partial charge in [-0.2, -0.15) is 0 Å². The molecule has 0 unspecified atom stereocenters. The maximum Gasteiger partial charge on any atom is 0.299 e. The van der Waals surface area contributed by atoms with E-state index in [1.54, 1.807) is 6.20 Å². The number of carbonyl (C=O) groups excluding carboxylic acids is 1. The van der Waals surface area contributed by atoms with Crippen LogP contribution in [0, 0.1) is 6.92 Å². The number of nitrogens with zero attached hydrogens (tertiary/aromatic N) is 2. The first-order chi connectivity index (χ1) is 7.29. The highest BCUT2D eigenvalue weighted by molar-refractivity contribution is 7.16. The third-order valence-corrected chi connectivity index (χ3v) is 2.73. The molecule has 2 heterocycles. The minimum absolute atomic E-state index is 0.398. The van der Waals surface area contributed by atoms with Crippen molar-refractivity contribution in [2.24, 2.45) is 0 Å². The predicted octanol–water partition coefficient (Wildman–Crippen LogP) is 2.05. The summed E-state index contributed by atoms with van der Waals surface area (Å²) < 4.78 is 4.70. The predicted molar refractivity (Wildman–Crippen MR) is 56.8 cm³/mol. The van der Waals surface area contributed by atoms with Crippen LogP contribution < -0.4 is 4.74 Å². The molecule has 76 valence electrons. The molecule has 0 N–H and O–H groups in total. The Morgan fingerprint density at radius 2 is 2.33 bits per heavy atom. The molecule has 0 amide bonds. The fourth-order valence-electron chi connectivity index (χ4n) is 1.17. The lowest BCUT2D eigenvalue weighted by Gasteiger charge is -1.96. The highest BCUT2D eigenvalue weighted by Crippen LogP contribution is 2.29. The molecule has 0 spiro atoms. The molecule has 0 radical (unpaired) electrons. The minimum atomic E-state index is 0.398. The third kappa shape index (κ3) is 2.19. The van der Waals surface area contributed by atoms with Crippen LogP contribution in [0.1, 0.15) is 5.69 Å². The largest absolute Gasteiger partial charge is 0.416 e. The van der Waals surface area contributed by atoms with Gasteiger partial charge in [-0.3, -0.25) is 9.78 Å². The lowest BCUT2D eigenvalue weighted by Crippen LogP contribution is -1.82. The Labute approximate surface area is 90.6 Å². The Bertz CT molecular complexity index is 482. The van der Waals surface area contributed by atoms with Gasteiger partial charge >= 0.3 is 0 Å². The van der Waals surface area contributed by atoms with Gasteiger partial charge in [0.05, 0.1) is 6.20 Å². The smallest absolute Gasteiger partial charge is 0.299 e. The molecular weight excluding hydrogens is 212 g/mol. The average Bonchev–Trinajstić information content (AvgIpc) is 2.67. The number of thiazole rings is 1. The van der Waals surface area contributed by atoms with E-state index >= 15 is 0 Å². The summed E-state index contributed by atoms with van der Waals surface area (Å²) in [6, 6.07) is 3.81. The van der Waals surface area contributed by atoms with Gasteiger partial charge in [-0.1, -0.05) is 11.3 Å². The number of aryl methyl sites for hydroxylation is 1. The van der Waals surface area contributed by atoms with Crippen molar-refractivity contribution in [2.75, 3.05) is 0 Å². The van der Waals surface area contributed by atoms with Gasteiger partial charge in [-0.25, -0.2) is 4.98 Å². The van der Waals surface area contributed by atoms with E-state index in [0.29, 0.717) is 11.5 Å². The van der Waals surface area contributed by atoms with Crippen LogP contribution >= 0.6 is 11.3 Å². The van der Waals surface area contributed by atoms with Crippen LogP contribution in [0.15, 0.2) is 24.5 Å². The lowest BCUT2D eigenvalue weighted by atomic mass is 10.2. The number of ether oxygens (including phenoxy) is 1. The van der Waals surface area contributed by atoms with E-state index in [9.17, 15) is 4.79 Å². The van der Waals surface area contributed by atoms with E-state index in [4.69, 9.17) is 4.74 Å². The third-order valence-electron chi connectivity index (χ3n) is 1.79. The summed E-state index contributed by atoms with van der Waals surface area (Å²) >= 11 is 1.33. The molecule has 2 rings (SSSR count). The van der Waals surface area contributed by atoms with Gasteiger partial charge in [0.25, 0.3) is 6.47 Å². The summed E-state index contributed by atoms with van der Waals surface area (Å²) in [4.78, 5) is 18.4. The Balaban J connectivity index is 2.32. The standard InChI is InChI=1S/C10H8N2O2S/c1-7-4-8(2-3-11-7)10-12-5-9(15-10)14-6-13/h2-6H,1H3. The summed E-state index contributed by atoms with van der Waals surface area (Å²) in [6.45, 7) is 2.31. The SMILES string of the molecule is Cc1cc(-c2ncc(OC=O)s2)ccn1. The molecule has 2 aromatic rings. The zero-order chi connectivity index (χ0) is 10.7. The first-order valence-corrected chi connectivity index (χ1v) is 5.10. The number of hydrogen-bond donors (Lipinski definition) is 0. The zero-order valence-electron chi connectivity index (χ0n) is 8.01. The second-order valence-electron chi connectivity index (χ2n) is 2.88. The first-order valence-electron chi connectivity index (χ1n) is 4.29. The molecule has 0 bridgehead atoms. The topological polar surface area (TPSA) is 52.1 Å². The molecule has 0 aliphatic heterocycles. The summed E-state index contributed by atoms with van der Waals surface area (Å²) in [5, 5.41) is 1.31. The number of hydrogen-bond acceptors (Lipinski definition) is 5. The lowest BCUT2D eigenvalue weighted by molar-refractivity contribution is -0.120. The quantitative estimate of drug-likeness (QED) is 0.743. The normalized spacial score (nSPS) is 9.93. The maximum atomic E-state index is 10.1. The van der Waals surface area contributed by atoms with E-state index < -0.39 is 0 Å². The monoisotopic (exact) mass is 220 g/mol. The van der Waals surface area contributed by atoms with E-state index in [2.05, 4.69) is 9.97 Å². The van der Waals surface area contributed by atoms with Gasteiger partial charge in [0, 0.05) is 17.5 Å². The average molecular weight is 220 g/mol. The second-order valence-corrected chi connectivity index (χ2v) is 3.88. The highest BCUT2D eigenvalue weighted by atomic mass is 32.1. The summed E-state index contributed by atoms with van der Waals surface area (Å²) in [6.07, 6.45) is 3.26. The Kier molecular flexibility index (Phi) is 2.73. The van der Waals surface area contributed by atoms with Crippen LogP contribution in [-0.2, 0) is 4.79 Å². The van der Waals surface area contributed by atoms with Crippen LogP contribution in [0.3, 0.4) is 0 Å². The van der Waals surface area contributed by atoms with Gasteiger partial charge in [0.1, 0.15) is 5.01 Å². The van der Waals surface area contributed by atoms with Crippen molar-refractivity contribution in [1.82, 2.24) is 9.97 Å². The summed E-state index contributed by atoms with van der Waals surface area (Å²) in [5.41, 5.74) is 1.91. The van der Waals surface area contributed by atoms with Gasteiger partial charge in [-0.15, -0.1) is 0 Å². The Hall–Kier alpha value is -1.75. The Morgan fingerprint density at radius 1 is 1.47 bits per heavy atom. The molecule has 0 saturated heterocycles. The maximum absolute atomic E-state index is 10.1. The fourth-order valence-corrected chi connectivity index (χ4v) is 1.91. The van der Waals surface area contributed by atoms with E-state index in [1.165, 1.54) is 17.5 Å². The summed E-state index contributed by atoms with van der Waals surface area (Å²) in [7, 11) is 0. The van der Waals surface area contributed by atoms with Crippen molar-refractivity contribution in [2.45, 2.75) is 6.92 Å². The van der Waals surface area contributed by atoms with Crippen LogP contribution in [0.25, 0.3) is 10.6 Å². The molecule has 0 aliphatic carbocycles. The van der Waals surface area contributed by atoms with Gasteiger partial charge in [-0.05, 0) is 19.1 Å². The van der Waals surface area contributed by atoms with Crippen LogP contribution in [0.4, 0.5) is 0 Å². The van der Waals surface area contributed by atoms with Crippen LogP contribution in [0.2, 0.25) is 0 Å². The van der Waals surface area contributed by atoms with Crippen molar-refractivity contribution in [3.8, 4) is 15.6 Å². The number of carbonyl (C=O) groups is 1. The summed E-state index contributed by atoms with van der Waals surface area (Å²) in [5.74, 6) is 0. The van der Waals surface area contributed by atoms with E-state index in [-0.39, 0.29) is 0 Å². The van der Waals surface area contributed by atoms with Gasteiger partial charge in [0.15, 0.2) is 0 Å². The zero-order valence-corrected chi connectivity index (χ0v) is 8.82. The number of aromatic nitrogens is 2. The molecule has 15 heavy (non-hydrogen) atoms. The van der Waals surface area contributed by atoms with Crippen molar-refractivity contribution in [3.63, 3.8) is 0 Å². The number of rotatable bonds is 3. The molecular formula is C10H8N2O2S. The molecule has 0 aliphatic rings. The molecule has 2 aromatic heterocycles. The van der Waals surface area contributed by atoms with Crippen molar-refractivity contribution < 1.29 is 9.53 Å².